The van der Waals surface area contributed by atoms with Crippen LogP contribution in [0.2, 0.25) is 5.02 Å². The molecule has 0 spiro atoms. The zero-order valence-electron chi connectivity index (χ0n) is 17.8. The number of nitrogens with zero attached hydrogens (tertiary/aromatic N) is 2. The molecule has 5 nitrogen and oxygen atoms in total. The summed E-state index contributed by atoms with van der Waals surface area (Å²) in [7, 11) is 1.65. The molecule has 3 heterocycles. The molecule has 0 radical (unpaired) electrons. The highest BCUT2D eigenvalue weighted by Crippen LogP contribution is 2.45. The van der Waals surface area contributed by atoms with Gasteiger partial charge in [-0.2, -0.15) is 0 Å². The summed E-state index contributed by atoms with van der Waals surface area (Å²) < 4.78 is 5.36. The summed E-state index contributed by atoms with van der Waals surface area (Å²) in [4.78, 5) is 21.0. The Morgan fingerprint density at radius 3 is 2.61 bits per heavy atom. The molecule has 0 unspecified atom stereocenters. The lowest BCUT2D eigenvalue weighted by Crippen LogP contribution is -2.44. The van der Waals surface area contributed by atoms with E-state index < -0.39 is 6.04 Å². The van der Waals surface area contributed by atoms with Crippen molar-refractivity contribution < 1.29 is 9.53 Å². The number of H-pyrrole nitrogens is 1. The van der Waals surface area contributed by atoms with E-state index in [-0.39, 0.29) is 11.9 Å². The van der Waals surface area contributed by atoms with Crippen LogP contribution in [-0.2, 0) is 11.2 Å². The molecule has 2 aliphatic rings. The molecule has 33 heavy (non-hydrogen) atoms. The van der Waals surface area contributed by atoms with Gasteiger partial charge in [-0.05, 0) is 59.7 Å². The van der Waals surface area contributed by atoms with Crippen molar-refractivity contribution in [1.82, 2.24) is 9.88 Å². The van der Waals surface area contributed by atoms with Gasteiger partial charge in [-0.25, -0.2) is 0 Å². The number of anilines is 1. The monoisotopic (exact) mass is 473 g/mol. The minimum atomic E-state index is -0.393. The second-order valence-corrected chi connectivity index (χ2v) is 9.10. The molecule has 1 fully saturated rings. The van der Waals surface area contributed by atoms with E-state index in [0.29, 0.717) is 22.2 Å². The van der Waals surface area contributed by atoms with E-state index in [1.807, 2.05) is 48.5 Å². The van der Waals surface area contributed by atoms with E-state index in [2.05, 4.69) is 22.0 Å². The first-order valence-electron chi connectivity index (χ1n) is 10.7. The van der Waals surface area contributed by atoms with Crippen LogP contribution in [0.3, 0.4) is 0 Å². The van der Waals surface area contributed by atoms with Gasteiger partial charge in [0.25, 0.3) is 5.91 Å². The maximum atomic E-state index is 13.7. The van der Waals surface area contributed by atoms with Gasteiger partial charge in [-0.3, -0.25) is 9.69 Å². The number of ether oxygens (including phenoxy) is 1. The Bertz CT molecular complexity index is 1410. The standard InChI is InChI=1S/C26H20ClN3O2S/c1-32-18-11-9-15(10-12-18)24-23-20(19-7-2-3-8-21(19)28-23)14-22-25(31)29(26(33)30(22)24)17-6-4-5-16(27)13-17/h2-13,22,24,28H,14H2,1H3/t22-,24-/m0/s1. The molecule has 1 N–H and O–H groups in total. The first-order valence-corrected chi connectivity index (χ1v) is 11.5. The number of aromatic amines is 1. The molecular formula is C26H20ClN3O2S. The third-order valence-corrected chi connectivity index (χ3v) is 7.18. The molecule has 3 aromatic carbocycles. The lowest BCUT2D eigenvalue weighted by Gasteiger charge is -2.37. The lowest BCUT2D eigenvalue weighted by atomic mass is 9.89. The van der Waals surface area contributed by atoms with Crippen molar-refractivity contribution in [3.8, 4) is 5.75 Å². The zero-order valence-corrected chi connectivity index (χ0v) is 19.4. The summed E-state index contributed by atoms with van der Waals surface area (Å²) in [6.07, 6.45) is 0.585. The second kappa shape index (κ2) is 7.61. The number of thiocarbonyl (C=S) groups is 1. The topological polar surface area (TPSA) is 48.6 Å². The van der Waals surface area contributed by atoms with Crippen molar-refractivity contribution in [3.63, 3.8) is 0 Å². The number of hydrogen-bond acceptors (Lipinski definition) is 3. The van der Waals surface area contributed by atoms with Crippen LogP contribution in [0.4, 0.5) is 5.69 Å². The fourth-order valence-electron chi connectivity index (χ4n) is 5.06. The third kappa shape index (κ3) is 3.05. The molecule has 4 aromatic rings. The van der Waals surface area contributed by atoms with Gasteiger partial charge >= 0.3 is 0 Å². The third-order valence-electron chi connectivity index (χ3n) is 6.55. The number of fused-ring (bicyclic) bond motifs is 4. The van der Waals surface area contributed by atoms with Crippen LogP contribution in [0.15, 0.2) is 72.8 Å². The SMILES string of the molecule is COc1ccc([C@H]2c3[nH]c4ccccc4c3C[C@H]3C(=O)N(c4cccc(Cl)c4)C(=S)N23)cc1. The van der Waals surface area contributed by atoms with Crippen LogP contribution in [-0.4, -0.2) is 34.1 Å². The van der Waals surface area contributed by atoms with E-state index in [1.165, 1.54) is 0 Å². The molecule has 1 aromatic heterocycles. The molecule has 2 aliphatic heterocycles. The molecule has 1 amide bonds. The van der Waals surface area contributed by atoms with Gasteiger partial charge in [0, 0.05) is 28.0 Å². The number of carbonyl (C=O) groups is 1. The van der Waals surface area contributed by atoms with E-state index in [9.17, 15) is 4.79 Å². The number of amides is 1. The molecule has 0 saturated carbocycles. The number of methoxy groups -OCH3 is 1. The molecule has 0 bridgehead atoms. The number of carbonyl (C=O) groups excluding carboxylic acids is 1. The van der Waals surface area contributed by atoms with Crippen LogP contribution >= 0.6 is 23.8 Å². The van der Waals surface area contributed by atoms with Crippen LogP contribution in [0.25, 0.3) is 10.9 Å². The highest BCUT2D eigenvalue weighted by Gasteiger charge is 2.51. The fourth-order valence-corrected chi connectivity index (χ4v) is 5.67. The largest absolute Gasteiger partial charge is 0.497 e. The maximum Gasteiger partial charge on any atom is 0.256 e. The Morgan fingerprint density at radius 2 is 1.85 bits per heavy atom. The Kier molecular flexibility index (Phi) is 4.67. The Hall–Kier alpha value is -3.35. The van der Waals surface area contributed by atoms with E-state index in [0.717, 1.165) is 33.5 Å². The quantitative estimate of drug-likeness (QED) is 0.400. The predicted molar refractivity (Wildman–Crippen MR) is 134 cm³/mol. The zero-order chi connectivity index (χ0) is 22.7. The number of benzene rings is 3. The summed E-state index contributed by atoms with van der Waals surface area (Å²) in [5.41, 5.74) is 5.02. The number of aromatic nitrogens is 1. The molecule has 164 valence electrons. The highest BCUT2D eigenvalue weighted by molar-refractivity contribution is 7.80. The summed E-state index contributed by atoms with van der Waals surface area (Å²) in [6, 6.07) is 22.8. The minimum Gasteiger partial charge on any atom is -0.497 e. The van der Waals surface area contributed by atoms with Gasteiger partial charge < -0.3 is 14.6 Å². The molecule has 1 saturated heterocycles. The predicted octanol–water partition coefficient (Wildman–Crippen LogP) is 5.48. The molecule has 2 atom stereocenters. The smallest absolute Gasteiger partial charge is 0.256 e. The highest BCUT2D eigenvalue weighted by atomic mass is 35.5. The molecule has 0 aliphatic carbocycles. The van der Waals surface area contributed by atoms with Gasteiger partial charge in [0.05, 0.1) is 18.8 Å². The minimum absolute atomic E-state index is 0.0308. The Morgan fingerprint density at radius 1 is 1.06 bits per heavy atom. The van der Waals surface area contributed by atoms with E-state index >= 15 is 0 Å². The normalized spacial score (nSPS) is 19.7. The number of hydrogen-bond donors (Lipinski definition) is 1. The van der Waals surface area contributed by atoms with Crippen molar-refractivity contribution in [3.05, 3.63) is 94.6 Å². The fraction of sp³-hybridized carbons (Fsp3) is 0.154. The second-order valence-electron chi connectivity index (χ2n) is 8.30. The van der Waals surface area contributed by atoms with E-state index in [1.54, 1.807) is 24.1 Å². The number of halogens is 1. The van der Waals surface area contributed by atoms with E-state index in [4.69, 9.17) is 28.6 Å². The average molecular weight is 474 g/mol. The molecule has 6 rings (SSSR count). The first-order chi connectivity index (χ1) is 16.1. The van der Waals surface area contributed by atoms with Gasteiger partial charge in [0.1, 0.15) is 11.8 Å². The Labute approximate surface area is 201 Å². The summed E-state index contributed by atoms with van der Waals surface area (Å²) in [5.74, 6) is 0.750. The summed E-state index contributed by atoms with van der Waals surface area (Å²) in [5, 5.41) is 2.19. The van der Waals surface area contributed by atoms with Gasteiger partial charge in [0.15, 0.2) is 5.11 Å². The number of nitrogens with one attached hydrogen (secondary N) is 1. The maximum absolute atomic E-state index is 13.7. The van der Waals surface area contributed by atoms with Crippen molar-refractivity contribution >= 4 is 51.4 Å². The van der Waals surface area contributed by atoms with Gasteiger partial charge in [-0.1, -0.05) is 48.0 Å². The van der Waals surface area contributed by atoms with Crippen LogP contribution < -0.4 is 9.64 Å². The molecule has 7 heteroatoms. The number of para-hydroxylation sites is 1. The summed E-state index contributed by atoms with van der Waals surface area (Å²) >= 11 is 12.2. The first kappa shape index (κ1) is 20.3. The van der Waals surface area contributed by atoms with Crippen molar-refractivity contribution in [2.24, 2.45) is 0 Å². The Balaban J connectivity index is 1.53. The average Bonchev–Trinajstić information content (AvgIpc) is 3.32. The van der Waals surface area contributed by atoms with Crippen molar-refractivity contribution in [1.29, 1.82) is 0 Å². The van der Waals surface area contributed by atoms with Crippen LogP contribution in [0.1, 0.15) is 22.9 Å². The van der Waals surface area contributed by atoms with Gasteiger partial charge in [-0.15, -0.1) is 0 Å². The van der Waals surface area contributed by atoms with Gasteiger partial charge in [0.2, 0.25) is 0 Å². The summed E-state index contributed by atoms with van der Waals surface area (Å²) in [6.45, 7) is 0. The lowest BCUT2D eigenvalue weighted by molar-refractivity contribution is -0.120. The van der Waals surface area contributed by atoms with Crippen molar-refractivity contribution in [2.75, 3.05) is 12.0 Å². The van der Waals surface area contributed by atoms with Crippen LogP contribution in [0, 0.1) is 0 Å². The molecular weight excluding hydrogens is 454 g/mol. The van der Waals surface area contributed by atoms with Crippen LogP contribution in [0.5, 0.6) is 5.75 Å². The van der Waals surface area contributed by atoms with Crippen molar-refractivity contribution in [2.45, 2.75) is 18.5 Å². The number of rotatable bonds is 3.